The third-order valence-corrected chi connectivity index (χ3v) is 4.25. The van der Waals surface area contributed by atoms with Crippen molar-refractivity contribution in [1.29, 1.82) is 0 Å². The molecule has 1 atom stereocenters. The van der Waals surface area contributed by atoms with Crippen LogP contribution in [0.2, 0.25) is 0 Å². The molecule has 2 rings (SSSR count). The van der Waals surface area contributed by atoms with Gasteiger partial charge in [-0.25, -0.2) is 0 Å². The number of amides is 1. The first kappa shape index (κ1) is 14.5. The molecule has 1 aliphatic rings. The van der Waals surface area contributed by atoms with E-state index < -0.39 is 6.10 Å². The molecule has 0 saturated heterocycles. The van der Waals surface area contributed by atoms with Crippen LogP contribution in [0.25, 0.3) is 0 Å². The largest absolute Gasteiger partial charge is 0.378 e. The number of methoxy groups -OCH3 is 1. The van der Waals surface area contributed by atoms with Gasteiger partial charge in [-0.2, -0.15) is 0 Å². The monoisotopic (exact) mass is 327 g/mol. The highest BCUT2D eigenvalue weighted by Gasteiger charge is 2.37. The number of carbonyl (C=O) groups excluding carboxylic acids is 1. The topological polar surface area (TPSA) is 58.6 Å². The van der Waals surface area contributed by atoms with Gasteiger partial charge in [0.15, 0.2) is 6.10 Å². The highest BCUT2D eigenvalue weighted by atomic mass is 79.9. The average molecular weight is 328 g/mol. The Kier molecular flexibility index (Phi) is 4.60. The number of rotatable bonds is 5. The van der Waals surface area contributed by atoms with Crippen molar-refractivity contribution in [2.45, 2.75) is 31.0 Å². The highest BCUT2D eigenvalue weighted by Crippen LogP contribution is 2.34. The fraction of sp³-hybridized carbons (Fsp3) is 0.500. The van der Waals surface area contributed by atoms with E-state index in [2.05, 4.69) is 21.2 Å². The van der Waals surface area contributed by atoms with E-state index in [1.54, 1.807) is 31.4 Å². The molecule has 0 aromatic heterocycles. The zero-order valence-corrected chi connectivity index (χ0v) is 12.4. The van der Waals surface area contributed by atoms with Gasteiger partial charge in [-0.3, -0.25) is 4.79 Å². The fourth-order valence-electron chi connectivity index (χ4n) is 2.17. The van der Waals surface area contributed by atoms with E-state index >= 15 is 0 Å². The summed E-state index contributed by atoms with van der Waals surface area (Å²) >= 11 is 3.32. The molecule has 4 nitrogen and oxygen atoms in total. The van der Waals surface area contributed by atoms with E-state index in [0.717, 1.165) is 23.7 Å². The lowest BCUT2D eigenvalue weighted by molar-refractivity contribution is -0.133. The number of benzene rings is 1. The van der Waals surface area contributed by atoms with Crippen LogP contribution in [-0.2, 0) is 9.53 Å². The summed E-state index contributed by atoms with van der Waals surface area (Å²) in [6, 6.07) is 7.05. The van der Waals surface area contributed by atoms with Crippen LogP contribution in [0.5, 0.6) is 0 Å². The Bertz CT molecular complexity index is 437. The first-order valence-corrected chi connectivity index (χ1v) is 7.12. The molecule has 5 heteroatoms. The molecule has 1 amide bonds. The number of carbonyl (C=O) groups is 1. The van der Waals surface area contributed by atoms with Crippen molar-refractivity contribution < 1.29 is 14.6 Å². The third-order valence-electron chi connectivity index (χ3n) is 3.72. The number of nitrogens with one attached hydrogen (secondary N) is 1. The van der Waals surface area contributed by atoms with Gasteiger partial charge in [-0.15, -0.1) is 0 Å². The van der Waals surface area contributed by atoms with Crippen molar-refractivity contribution in [2.75, 3.05) is 13.7 Å². The smallest absolute Gasteiger partial charge is 0.253 e. The molecule has 0 spiro atoms. The lowest BCUT2D eigenvalue weighted by Crippen LogP contribution is -2.50. The van der Waals surface area contributed by atoms with E-state index in [9.17, 15) is 9.90 Å². The molecule has 2 N–H and O–H groups in total. The van der Waals surface area contributed by atoms with Gasteiger partial charge in [-0.1, -0.05) is 28.1 Å². The van der Waals surface area contributed by atoms with Gasteiger partial charge in [-0.05, 0) is 37.0 Å². The van der Waals surface area contributed by atoms with Gasteiger partial charge >= 0.3 is 0 Å². The predicted octanol–water partition coefficient (Wildman–Crippen LogP) is 2.17. The van der Waals surface area contributed by atoms with Crippen LogP contribution in [0.1, 0.15) is 30.9 Å². The minimum absolute atomic E-state index is 0.227. The molecule has 1 aliphatic carbocycles. The van der Waals surface area contributed by atoms with Crippen LogP contribution >= 0.6 is 15.9 Å². The summed E-state index contributed by atoms with van der Waals surface area (Å²) in [4.78, 5) is 11.9. The van der Waals surface area contributed by atoms with Crippen molar-refractivity contribution in [3.63, 3.8) is 0 Å². The van der Waals surface area contributed by atoms with E-state index in [4.69, 9.17) is 4.74 Å². The molecular weight excluding hydrogens is 310 g/mol. The second kappa shape index (κ2) is 6.03. The van der Waals surface area contributed by atoms with E-state index in [0.29, 0.717) is 12.1 Å². The zero-order chi connectivity index (χ0) is 13.9. The Morgan fingerprint density at radius 2 is 2.11 bits per heavy atom. The normalized spacial score (nSPS) is 18.5. The van der Waals surface area contributed by atoms with Crippen LogP contribution in [-0.4, -0.2) is 30.3 Å². The molecule has 1 saturated carbocycles. The summed E-state index contributed by atoms with van der Waals surface area (Å²) in [6.45, 7) is 0.454. The molecule has 104 valence electrons. The number of ether oxygens (including phenoxy) is 1. The van der Waals surface area contributed by atoms with Gasteiger partial charge in [0.1, 0.15) is 0 Å². The molecule has 1 aromatic rings. The molecular formula is C14H18BrNO3. The molecule has 0 bridgehead atoms. The summed E-state index contributed by atoms with van der Waals surface area (Å²) in [7, 11) is 1.66. The molecule has 1 aromatic carbocycles. The molecule has 0 aliphatic heterocycles. The summed E-state index contributed by atoms with van der Waals surface area (Å²) in [5, 5.41) is 12.7. The maximum Gasteiger partial charge on any atom is 0.253 e. The Morgan fingerprint density at radius 3 is 2.58 bits per heavy atom. The second-order valence-corrected chi connectivity index (χ2v) is 5.83. The van der Waals surface area contributed by atoms with Crippen molar-refractivity contribution >= 4 is 21.8 Å². The number of aliphatic hydroxyl groups is 1. The molecule has 19 heavy (non-hydrogen) atoms. The Balaban J connectivity index is 1.90. The van der Waals surface area contributed by atoms with Crippen LogP contribution in [0.4, 0.5) is 0 Å². The van der Waals surface area contributed by atoms with Crippen LogP contribution in [0, 0.1) is 0 Å². The molecule has 0 heterocycles. The van der Waals surface area contributed by atoms with Crippen molar-refractivity contribution in [1.82, 2.24) is 5.32 Å². The fourth-order valence-corrected chi connectivity index (χ4v) is 2.43. The van der Waals surface area contributed by atoms with Gasteiger partial charge in [0, 0.05) is 18.1 Å². The minimum atomic E-state index is -1.14. The van der Waals surface area contributed by atoms with Crippen LogP contribution in [0.15, 0.2) is 28.7 Å². The van der Waals surface area contributed by atoms with Crippen molar-refractivity contribution in [2.24, 2.45) is 0 Å². The van der Waals surface area contributed by atoms with Crippen LogP contribution < -0.4 is 5.32 Å². The standard InChI is InChI=1S/C14H18BrNO3/c1-19-14(7-2-8-14)9-16-13(18)12(17)10-3-5-11(15)6-4-10/h3-6,12,17H,2,7-9H2,1H3,(H,16,18)/t12-/m1/s1. The number of hydrogen-bond donors (Lipinski definition) is 2. The van der Waals surface area contributed by atoms with Crippen LogP contribution in [0.3, 0.4) is 0 Å². The molecule has 0 unspecified atom stereocenters. The van der Waals surface area contributed by atoms with E-state index in [1.165, 1.54) is 0 Å². The summed E-state index contributed by atoms with van der Waals surface area (Å²) in [5.74, 6) is -0.384. The highest BCUT2D eigenvalue weighted by molar-refractivity contribution is 9.10. The summed E-state index contributed by atoms with van der Waals surface area (Å²) in [6.07, 6.45) is 1.90. The van der Waals surface area contributed by atoms with E-state index in [-0.39, 0.29) is 11.5 Å². The number of hydrogen-bond acceptors (Lipinski definition) is 3. The van der Waals surface area contributed by atoms with E-state index in [1.807, 2.05) is 0 Å². The maximum atomic E-state index is 11.9. The quantitative estimate of drug-likeness (QED) is 0.871. The Morgan fingerprint density at radius 1 is 1.47 bits per heavy atom. The minimum Gasteiger partial charge on any atom is -0.378 e. The number of aliphatic hydroxyl groups excluding tert-OH is 1. The number of halogens is 1. The molecule has 0 radical (unpaired) electrons. The zero-order valence-electron chi connectivity index (χ0n) is 10.9. The maximum absolute atomic E-state index is 11.9. The SMILES string of the molecule is COC1(CNC(=O)[C@H](O)c2ccc(Br)cc2)CCC1. The summed E-state index contributed by atoms with van der Waals surface area (Å²) in [5.41, 5.74) is 0.357. The first-order valence-electron chi connectivity index (χ1n) is 6.33. The van der Waals surface area contributed by atoms with Gasteiger partial charge in [0.25, 0.3) is 5.91 Å². The van der Waals surface area contributed by atoms with Gasteiger partial charge < -0.3 is 15.2 Å². The predicted molar refractivity (Wildman–Crippen MR) is 75.7 cm³/mol. The summed E-state index contributed by atoms with van der Waals surface area (Å²) < 4.78 is 6.34. The lowest BCUT2D eigenvalue weighted by atomic mass is 9.80. The lowest BCUT2D eigenvalue weighted by Gasteiger charge is -2.40. The molecule has 1 fully saturated rings. The third kappa shape index (κ3) is 3.35. The Hall–Kier alpha value is -0.910. The second-order valence-electron chi connectivity index (χ2n) is 4.91. The van der Waals surface area contributed by atoms with Crippen molar-refractivity contribution in [3.8, 4) is 0 Å². The average Bonchev–Trinajstić information content (AvgIpc) is 2.38. The Labute approximate surface area is 121 Å². The first-order chi connectivity index (χ1) is 9.06. The van der Waals surface area contributed by atoms with Gasteiger partial charge in [0.05, 0.1) is 5.60 Å². The van der Waals surface area contributed by atoms with Crippen molar-refractivity contribution in [3.05, 3.63) is 34.3 Å². The van der Waals surface area contributed by atoms with Gasteiger partial charge in [0.2, 0.25) is 0 Å².